The number of rotatable bonds is 1. The number of carbonyl (C=O) groups excluding carboxylic acids is 1. The molecular weight excluding hydrogens is 265 g/mol. The van der Waals surface area contributed by atoms with Gasteiger partial charge in [-0.25, -0.2) is 0 Å². The van der Waals surface area contributed by atoms with Gasteiger partial charge >= 0.3 is 0 Å². The summed E-state index contributed by atoms with van der Waals surface area (Å²) >= 11 is 2.27. The van der Waals surface area contributed by atoms with Crippen LogP contribution in [0, 0.1) is 3.70 Å². The first-order valence-corrected chi connectivity index (χ1v) is 5.25. The first-order chi connectivity index (χ1) is 5.83. The molecule has 0 bridgehead atoms. The van der Waals surface area contributed by atoms with Crippen molar-refractivity contribution in [2.45, 2.75) is 25.7 Å². The summed E-state index contributed by atoms with van der Waals surface area (Å²) in [6.07, 6.45) is 5.63. The molecule has 0 saturated heterocycles. The average molecular weight is 275 g/mol. The Kier molecular flexibility index (Phi) is 2.21. The van der Waals surface area contributed by atoms with Crippen molar-refractivity contribution < 1.29 is 4.79 Å². The van der Waals surface area contributed by atoms with Crippen LogP contribution in [0.5, 0.6) is 0 Å². The number of carbonyl (C=O) groups is 1. The van der Waals surface area contributed by atoms with Crippen molar-refractivity contribution in [2.24, 2.45) is 0 Å². The van der Waals surface area contributed by atoms with Gasteiger partial charge in [0.25, 0.3) is 0 Å². The van der Waals surface area contributed by atoms with Gasteiger partial charge in [-0.1, -0.05) is 0 Å². The lowest BCUT2D eigenvalue weighted by molar-refractivity contribution is 0.111. The van der Waals surface area contributed by atoms with E-state index in [-0.39, 0.29) is 0 Å². The third kappa shape index (κ3) is 1.20. The van der Waals surface area contributed by atoms with Gasteiger partial charge in [-0.15, -0.1) is 0 Å². The fourth-order valence-corrected chi connectivity index (χ4v) is 2.70. The highest BCUT2D eigenvalue weighted by atomic mass is 127. The maximum Gasteiger partial charge on any atom is 0.166 e. The van der Waals surface area contributed by atoms with E-state index in [4.69, 9.17) is 0 Å². The van der Waals surface area contributed by atoms with Crippen molar-refractivity contribution in [3.05, 3.63) is 20.5 Å². The Balaban J connectivity index is 2.53. The number of aldehydes is 1. The normalized spacial score (nSPS) is 15.8. The maximum atomic E-state index is 10.7. The SMILES string of the molecule is O=Cc1[nH]c(I)c2c1CCCC2. The molecule has 0 atom stereocenters. The molecule has 1 N–H and O–H groups in total. The van der Waals surface area contributed by atoms with Gasteiger partial charge in [0.2, 0.25) is 0 Å². The van der Waals surface area contributed by atoms with E-state index >= 15 is 0 Å². The predicted molar refractivity (Wildman–Crippen MR) is 55.5 cm³/mol. The summed E-state index contributed by atoms with van der Waals surface area (Å²) in [6, 6.07) is 0. The lowest BCUT2D eigenvalue weighted by Gasteiger charge is -2.10. The highest BCUT2D eigenvalue weighted by Crippen LogP contribution is 2.27. The molecular formula is C9H10INO. The third-order valence-electron chi connectivity index (χ3n) is 2.42. The van der Waals surface area contributed by atoms with Crippen molar-refractivity contribution in [2.75, 3.05) is 0 Å². The summed E-state index contributed by atoms with van der Waals surface area (Å²) in [4.78, 5) is 13.8. The minimum atomic E-state index is 0.800. The molecule has 0 amide bonds. The van der Waals surface area contributed by atoms with Gasteiger partial charge in [-0.2, -0.15) is 0 Å². The Morgan fingerprint density at radius 3 is 2.58 bits per heavy atom. The van der Waals surface area contributed by atoms with Crippen molar-refractivity contribution in [1.29, 1.82) is 0 Å². The second-order valence-corrected chi connectivity index (χ2v) is 4.21. The summed E-state index contributed by atoms with van der Waals surface area (Å²) in [5, 5.41) is 0. The number of halogens is 1. The molecule has 3 heteroatoms. The highest BCUT2D eigenvalue weighted by molar-refractivity contribution is 14.1. The van der Waals surface area contributed by atoms with E-state index in [1.807, 2.05) is 0 Å². The molecule has 0 aliphatic heterocycles. The molecule has 1 aliphatic rings. The van der Waals surface area contributed by atoms with Crippen LogP contribution in [0.3, 0.4) is 0 Å². The molecule has 0 unspecified atom stereocenters. The van der Waals surface area contributed by atoms with Crippen LogP contribution in [-0.2, 0) is 12.8 Å². The van der Waals surface area contributed by atoms with Crippen LogP contribution in [0.25, 0.3) is 0 Å². The van der Waals surface area contributed by atoms with Crippen LogP contribution in [0.4, 0.5) is 0 Å². The van der Waals surface area contributed by atoms with Crippen LogP contribution < -0.4 is 0 Å². The zero-order chi connectivity index (χ0) is 8.55. The van der Waals surface area contributed by atoms with Crippen molar-refractivity contribution in [3.8, 4) is 0 Å². The van der Waals surface area contributed by atoms with Crippen molar-refractivity contribution >= 4 is 28.9 Å². The van der Waals surface area contributed by atoms with Gasteiger partial charge in [0.15, 0.2) is 6.29 Å². The second kappa shape index (κ2) is 3.20. The number of nitrogens with one attached hydrogen (secondary N) is 1. The fraction of sp³-hybridized carbons (Fsp3) is 0.444. The predicted octanol–water partition coefficient (Wildman–Crippen LogP) is 2.31. The first kappa shape index (κ1) is 8.29. The number of hydrogen-bond acceptors (Lipinski definition) is 1. The Labute approximate surface area is 84.9 Å². The van der Waals surface area contributed by atoms with Crippen molar-refractivity contribution in [1.82, 2.24) is 4.98 Å². The lowest BCUT2D eigenvalue weighted by atomic mass is 9.94. The fourth-order valence-electron chi connectivity index (χ4n) is 1.81. The monoisotopic (exact) mass is 275 g/mol. The molecule has 0 fully saturated rings. The lowest BCUT2D eigenvalue weighted by Crippen LogP contribution is -2.01. The topological polar surface area (TPSA) is 32.9 Å². The number of H-pyrrole nitrogens is 1. The van der Waals surface area contributed by atoms with Gasteiger partial charge < -0.3 is 4.98 Å². The quantitative estimate of drug-likeness (QED) is 0.619. The molecule has 0 saturated carbocycles. The molecule has 2 nitrogen and oxygen atoms in total. The van der Waals surface area contributed by atoms with Gasteiger partial charge in [0, 0.05) is 0 Å². The summed E-state index contributed by atoms with van der Waals surface area (Å²) in [7, 11) is 0. The van der Waals surface area contributed by atoms with E-state index in [1.54, 1.807) is 0 Å². The Bertz CT molecular complexity index is 317. The van der Waals surface area contributed by atoms with Crippen LogP contribution in [0.15, 0.2) is 0 Å². The summed E-state index contributed by atoms with van der Waals surface area (Å²) in [6.45, 7) is 0. The van der Waals surface area contributed by atoms with E-state index in [0.29, 0.717) is 0 Å². The molecule has 64 valence electrons. The maximum absolute atomic E-state index is 10.7. The van der Waals surface area contributed by atoms with Crippen LogP contribution in [0.2, 0.25) is 0 Å². The highest BCUT2D eigenvalue weighted by Gasteiger charge is 2.17. The van der Waals surface area contributed by atoms with Gasteiger partial charge in [0.05, 0.1) is 9.39 Å². The van der Waals surface area contributed by atoms with Crippen LogP contribution >= 0.6 is 22.6 Å². The van der Waals surface area contributed by atoms with Gasteiger partial charge in [-0.05, 0) is 59.4 Å². The third-order valence-corrected chi connectivity index (χ3v) is 3.34. The molecule has 1 aliphatic carbocycles. The van der Waals surface area contributed by atoms with Gasteiger partial charge in [-0.3, -0.25) is 4.79 Å². The summed E-state index contributed by atoms with van der Waals surface area (Å²) in [5.74, 6) is 0. The van der Waals surface area contributed by atoms with E-state index < -0.39 is 0 Å². The Morgan fingerprint density at radius 1 is 1.25 bits per heavy atom. The standard InChI is InChI=1S/C9H10INO/c10-9-7-4-2-1-3-6(7)8(5-12)11-9/h5,11H,1-4H2. The van der Waals surface area contributed by atoms with Crippen molar-refractivity contribution in [3.63, 3.8) is 0 Å². The zero-order valence-electron chi connectivity index (χ0n) is 6.69. The second-order valence-electron chi connectivity index (χ2n) is 3.13. The number of hydrogen-bond donors (Lipinski definition) is 1. The molecule has 0 aromatic carbocycles. The Hall–Kier alpha value is -0.320. The minimum Gasteiger partial charge on any atom is -0.347 e. The number of fused-ring (bicyclic) bond motifs is 1. The first-order valence-electron chi connectivity index (χ1n) is 4.17. The van der Waals surface area contributed by atoms with E-state index in [1.165, 1.54) is 24.0 Å². The van der Waals surface area contributed by atoms with E-state index in [9.17, 15) is 4.79 Å². The summed E-state index contributed by atoms with van der Waals surface area (Å²) in [5.41, 5.74) is 3.44. The molecule has 0 spiro atoms. The smallest absolute Gasteiger partial charge is 0.166 e. The largest absolute Gasteiger partial charge is 0.347 e. The molecule has 12 heavy (non-hydrogen) atoms. The molecule has 1 aromatic heterocycles. The number of aromatic nitrogens is 1. The zero-order valence-corrected chi connectivity index (χ0v) is 8.85. The van der Waals surface area contributed by atoms with Crippen LogP contribution in [-0.4, -0.2) is 11.3 Å². The summed E-state index contributed by atoms with van der Waals surface area (Å²) < 4.78 is 1.16. The average Bonchev–Trinajstić information content (AvgIpc) is 2.44. The molecule has 0 radical (unpaired) electrons. The van der Waals surface area contributed by atoms with Gasteiger partial charge in [0.1, 0.15) is 0 Å². The van der Waals surface area contributed by atoms with Crippen LogP contribution in [0.1, 0.15) is 34.5 Å². The van der Waals surface area contributed by atoms with E-state index in [0.717, 1.165) is 28.5 Å². The molecule has 2 rings (SSSR count). The molecule has 1 heterocycles. The minimum absolute atomic E-state index is 0.800. The number of aromatic amines is 1. The Morgan fingerprint density at radius 2 is 1.92 bits per heavy atom. The van der Waals surface area contributed by atoms with E-state index in [2.05, 4.69) is 27.6 Å². The molecule has 1 aromatic rings.